The molecule has 0 saturated carbocycles. The first-order valence-corrected chi connectivity index (χ1v) is 4.62. The lowest BCUT2D eigenvalue weighted by Crippen LogP contribution is -2.21. The summed E-state index contributed by atoms with van der Waals surface area (Å²) in [5.74, 6) is 0. The van der Waals surface area contributed by atoms with Gasteiger partial charge in [0.15, 0.2) is 0 Å². The number of nitrogens with one attached hydrogen (secondary N) is 1. The third-order valence-corrected chi connectivity index (χ3v) is 2.36. The normalized spacial score (nSPS) is 15.4. The molecule has 0 saturated heterocycles. The van der Waals surface area contributed by atoms with Crippen molar-refractivity contribution in [3.63, 3.8) is 0 Å². The van der Waals surface area contributed by atoms with E-state index in [1.165, 1.54) is 0 Å². The predicted molar refractivity (Wildman–Crippen MR) is 54.1 cm³/mol. The van der Waals surface area contributed by atoms with E-state index < -0.39 is 18.8 Å². The molecule has 4 N–H and O–H groups in total. The number of aromatic amines is 1. The minimum absolute atomic E-state index is 0.470. The van der Waals surface area contributed by atoms with Crippen molar-refractivity contribution in [1.82, 2.24) is 10.2 Å². The maximum atomic E-state index is 9.64. The van der Waals surface area contributed by atoms with E-state index in [1.807, 2.05) is 0 Å². The first kappa shape index (κ1) is 10.1. The summed E-state index contributed by atoms with van der Waals surface area (Å²) in [5.41, 5.74) is 1.34. The standard InChI is InChI=1S/C10H12N2O3/c13-5-9(14)10(15)6-1-2-7-4-11-12-8(7)3-6/h1-4,9-10,13-15H,5H2,(H,11,12). The van der Waals surface area contributed by atoms with Gasteiger partial charge >= 0.3 is 0 Å². The van der Waals surface area contributed by atoms with Gasteiger partial charge in [0, 0.05) is 5.39 Å². The van der Waals surface area contributed by atoms with Gasteiger partial charge in [-0.1, -0.05) is 12.1 Å². The Bertz CT molecular complexity index is 455. The second-order valence-electron chi connectivity index (χ2n) is 3.41. The van der Waals surface area contributed by atoms with E-state index in [4.69, 9.17) is 5.11 Å². The van der Waals surface area contributed by atoms with Crippen LogP contribution in [0, 0.1) is 0 Å². The number of fused-ring (bicyclic) bond motifs is 1. The molecule has 0 aliphatic carbocycles. The Balaban J connectivity index is 2.35. The van der Waals surface area contributed by atoms with Crippen molar-refractivity contribution < 1.29 is 15.3 Å². The Kier molecular flexibility index (Phi) is 2.68. The molecule has 5 nitrogen and oxygen atoms in total. The van der Waals surface area contributed by atoms with Crippen LogP contribution in [-0.4, -0.2) is 38.2 Å². The van der Waals surface area contributed by atoms with Crippen molar-refractivity contribution in [1.29, 1.82) is 0 Å². The molecule has 1 aromatic carbocycles. The molecule has 0 amide bonds. The van der Waals surface area contributed by atoms with Gasteiger partial charge in [-0.15, -0.1) is 0 Å². The second-order valence-corrected chi connectivity index (χ2v) is 3.41. The zero-order valence-electron chi connectivity index (χ0n) is 7.96. The summed E-state index contributed by atoms with van der Waals surface area (Å²) >= 11 is 0. The van der Waals surface area contributed by atoms with Gasteiger partial charge in [0.2, 0.25) is 0 Å². The zero-order chi connectivity index (χ0) is 10.8. The zero-order valence-corrected chi connectivity index (χ0v) is 7.96. The van der Waals surface area contributed by atoms with Crippen LogP contribution < -0.4 is 0 Å². The molecule has 0 aliphatic rings. The van der Waals surface area contributed by atoms with E-state index in [0.29, 0.717) is 5.56 Å². The number of aliphatic hydroxyl groups is 3. The van der Waals surface area contributed by atoms with E-state index in [-0.39, 0.29) is 0 Å². The summed E-state index contributed by atoms with van der Waals surface area (Å²) in [5, 5.41) is 35.2. The highest BCUT2D eigenvalue weighted by atomic mass is 16.4. The third kappa shape index (κ3) is 1.85. The number of hydrogen-bond acceptors (Lipinski definition) is 4. The maximum absolute atomic E-state index is 9.64. The molecule has 0 aliphatic heterocycles. The van der Waals surface area contributed by atoms with Gasteiger partial charge in [0.25, 0.3) is 0 Å². The van der Waals surface area contributed by atoms with E-state index >= 15 is 0 Å². The van der Waals surface area contributed by atoms with Crippen molar-refractivity contribution in [3.05, 3.63) is 30.0 Å². The number of nitrogens with zero attached hydrogens (tertiary/aromatic N) is 1. The van der Waals surface area contributed by atoms with Gasteiger partial charge in [0.05, 0.1) is 18.3 Å². The smallest absolute Gasteiger partial charge is 0.107 e. The predicted octanol–water partition coefficient (Wildman–Crippen LogP) is -0.0505. The molecular weight excluding hydrogens is 196 g/mol. The molecule has 0 radical (unpaired) electrons. The molecule has 5 heteroatoms. The van der Waals surface area contributed by atoms with Crippen LogP contribution in [0.3, 0.4) is 0 Å². The van der Waals surface area contributed by atoms with Crippen LogP contribution in [0.4, 0.5) is 0 Å². The Morgan fingerprint density at radius 1 is 1.33 bits per heavy atom. The lowest BCUT2D eigenvalue weighted by Gasteiger charge is -2.15. The fourth-order valence-electron chi connectivity index (χ4n) is 1.46. The second kappa shape index (κ2) is 3.98. The molecule has 0 bridgehead atoms. The topological polar surface area (TPSA) is 89.4 Å². The van der Waals surface area contributed by atoms with Crippen molar-refractivity contribution in [2.24, 2.45) is 0 Å². The van der Waals surface area contributed by atoms with Gasteiger partial charge in [-0.2, -0.15) is 5.10 Å². The fraction of sp³-hybridized carbons (Fsp3) is 0.300. The minimum Gasteiger partial charge on any atom is -0.394 e. The minimum atomic E-state index is -1.16. The molecule has 80 valence electrons. The molecule has 0 fully saturated rings. The average Bonchev–Trinajstić information content (AvgIpc) is 2.73. The van der Waals surface area contributed by atoms with Crippen LogP contribution in [0.25, 0.3) is 10.9 Å². The fourth-order valence-corrected chi connectivity index (χ4v) is 1.46. The number of hydrogen-bond donors (Lipinski definition) is 4. The molecule has 0 spiro atoms. The molecule has 2 aromatic rings. The Hall–Kier alpha value is -1.43. The van der Waals surface area contributed by atoms with E-state index in [1.54, 1.807) is 24.4 Å². The third-order valence-electron chi connectivity index (χ3n) is 2.36. The van der Waals surface area contributed by atoms with Crippen molar-refractivity contribution in [2.45, 2.75) is 12.2 Å². The Morgan fingerprint density at radius 2 is 2.13 bits per heavy atom. The summed E-state index contributed by atoms with van der Waals surface area (Å²) < 4.78 is 0. The molecule has 1 aromatic heterocycles. The quantitative estimate of drug-likeness (QED) is 0.569. The van der Waals surface area contributed by atoms with Crippen molar-refractivity contribution in [3.8, 4) is 0 Å². The highest BCUT2D eigenvalue weighted by molar-refractivity contribution is 5.78. The number of aromatic nitrogens is 2. The lowest BCUT2D eigenvalue weighted by molar-refractivity contribution is -0.0152. The van der Waals surface area contributed by atoms with Crippen LogP contribution >= 0.6 is 0 Å². The summed E-state index contributed by atoms with van der Waals surface area (Å²) in [6.45, 7) is -0.470. The maximum Gasteiger partial charge on any atom is 0.107 e. The van der Waals surface area contributed by atoms with Gasteiger partial charge < -0.3 is 15.3 Å². The summed E-state index contributed by atoms with van der Waals surface area (Å²) in [6, 6.07) is 5.19. The molecule has 2 unspecified atom stereocenters. The summed E-state index contributed by atoms with van der Waals surface area (Å²) in [4.78, 5) is 0. The van der Waals surface area contributed by atoms with Gasteiger partial charge in [-0.3, -0.25) is 5.10 Å². The first-order chi connectivity index (χ1) is 7.22. The summed E-state index contributed by atoms with van der Waals surface area (Å²) in [6.07, 6.45) is -0.568. The molecule has 1 heterocycles. The van der Waals surface area contributed by atoms with Crippen LogP contribution in [0.1, 0.15) is 11.7 Å². The van der Waals surface area contributed by atoms with Crippen molar-refractivity contribution >= 4 is 10.9 Å². The Morgan fingerprint density at radius 3 is 2.87 bits per heavy atom. The van der Waals surface area contributed by atoms with Gasteiger partial charge in [0.1, 0.15) is 12.2 Å². The molecule has 15 heavy (non-hydrogen) atoms. The van der Waals surface area contributed by atoms with Crippen LogP contribution in [0.15, 0.2) is 24.4 Å². The monoisotopic (exact) mass is 208 g/mol. The highest BCUT2D eigenvalue weighted by Crippen LogP contribution is 2.20. The van der Waals surface area contributed by atoms with Gasteiger partial charge in [-0.05, 0) is 11.6 Å². The van der Waals surface area contributed by atoms with Crippen LogP contribution in [0.2, 0.25) is 0 Å². The molecular formula is C10H12N2O3. The van der Waals surface area contributed by atoms with Crippen LogP contribution in [-0.2, 0) is 0 Å². The molecule has 2 rings (SSSR count). The van der Waals surface area contributed by atoms with E-state index in [0.717, 1.165) is 10.9 Å². The Labute approximate surface area is 86.0 Å². The summed E-state index contributed by atoms with van der Waals surface area (Å²) in [7, 11) is 0. The average molecular weight is 208 g/mol. The number of aliphatic hydroxyl groups excluding tert-OH is 3. The largest absolute Gasteiger partial charge is 0.394 e. The number of benzene rings is 1. The lowest BCUT2D eigenvalue weighted by atomic mass is 10.0. The molecule has 2 atom stereocenters. The van der Waals surface area contributed by atoms with Crippen LogP contribution in [0.5, 0.6) is 0 Å². The number of H-pyrrole nitrogens is 1. The highest BCUT2D eigenvalue weighted by Gasteiger charge is 2.17. The van der Waals surface area contributed by atoms with Crippen molar-refractivity contribution in [2.75, 3.05) is 6.61 Å². The number of rotatable bonds is 3. The SMILES string of the molecule is OCC(O)C(O)c1ccc2cn[nH]c2c1. The van der Waals surface area contributed by atoms with Gasteiger partial charge in [-0.25, -0.2) is 0 Å². The van der Waals surface area contributed by atoms with E-state index in [2.05, 4.69) is 10.2 Å². The first-order valence-electron chi connectivity index (χ1n) is 4.62. The van der Waals surface area contributed by atoms with E-state index in [9.17, 15) is 10.2 Å².